The lowest BCUT2D eigenvalue weighted by atomic mass is 9.94. The van der Waals surface area contributed by atoms with Gasteiger partial charge < -0.3 is 24.6 Å². The lowest BCUT2D eigenvalue weighted by molar-refractivity contribution is -0.132. The van der Waals surface area contributed by atoms with Crippen molar-refractivity contribution in [2.75, 3.05) is 31.5 Å². The van der Waals surface area contributed by atoms with Gasteiger partial charge in [-0.2, -0.15) is 0 Å². The van der Waals surface area contributed by atoms with Crippen LogP contribution in [0.3, 0.4) is 0 Å². The zero-order chi connectivity index (χ0) is 27.6. The van der Waals surface area contributed by atoms with E-state index in [0.29, 0.717) is 22.7 Å². The van der Waals surface area contributed by atoms with Gasteiger partial charge in [-0.25, -0.2) is 0 Å². The number of rotatable bonds is 7. The van der Waals surface area contributed by atoms with Crippen LogP contribution in [-0.2, 0) is 14.4 Å². The van der Waals surface area contributed by atoms with Gasteiger partial charge >= 0.3 is 0 Å². The Bertz CT molecular complexity index is 1450. The molecule has 1 saturated heterocycles. The number of halogens is 1. The van der Waals surface area contributed by atoms with Gasteiger partial charge in [0.05, 0.1) is 43.5 Å². The number of Topliss-reactive ketones (excluding diaryl/α,β-unsaturated/α-hetero) is 1. The molecule has 1 heterocycles. The summed E-state index contributed by atoms with van der Waals surface area (Å²) in [5, 5.41) is 14.5. The molecule has 38 heavy (non-hydrogen) atoms. The van der Waals surface area contributed by atoms with Crippen LogP contribution in [0.2, 0.25) is 5.02 Å². The Labute approximate surface area is 224 Å². The second-order valence-corrected chi connectivity index (χ2v) is 8.73. The summed E-state index contributed by atoms with van der Waals surface area (Å²) in [5.41, 5.74) is 1.31. The van der Waals surface area contributed by atoms with Crippen LogP contribution >= 0.6 is 11.6 Å². The van der Waals surface area contributed by atoms with Gasteiger partial charge in [-0.3, -0.25) is 19.3 Å². The average Bonchev–Trinajstić information content (AvgIpc) is 3.18. The molecule has 0 aromatic heterocycles. The lowest BCUT2D eigenvalue weighted by Gasteiger charge is -2.27. The number of nitrogens with zero attached hydrogens (tertiary/aromatic N) is 1. The third-order valence-electron chi connectivity index (χ3n) is 6.07. The summed E-state index contributed by atoms with van der Waals surface area (Å²) in [5.74, 6) is -1.65. The van der Waals surface area contributed by atoms with Gasteiger partial charge in [0.25, 0.3) is 11.7 Å². The van der Waals surface area contributed by atoms with Gasteiger partial charge in [-0.15, -0.1) is 0 Å². The van der Waals surface area contributed by atoms with E-state index in [2.05, 4.69) is 5.32 Å². The number of benzene rings is 3. The summed E-state index contributed by atoms with van der Waals surface area (Å²) >= 11 is 6.23. The molecule has 196 valence electrons. The number of ketones is 1. The van der Waals surface area contributed by atoms with Crippen molar-refractivity contribution in [1.29, 1.82) is 0 Å². The zero-order valence-corrected chi connectivity index (χ0v) is 21.8. The monoisotopic (exact) mass is 536 g/mol. The Kier molecular flexibility index (Phi) is 7.59. The first-order valence-electron chi connectivity index (χ1n) is 11.4. The number of ether oxygens (including phenoxy) is 3. The molecule has 3 aromatic rings. The second-order valence-electron chi connectivity index (χ2n) is 8.33. The van der Waals surface area contributed by atoms with Gasteiger partial charge in [0.2, 0.25) is 5.91 Å². The number of hydrogen-bond donors (Lipinski definition) is 2. The summed E-state index contributed by atoms with van der Waals surface area (Å²) in [6.45, 7) is 1.38. The first-order valence-corrected chi connectivity index (χ1v) is 11.8. The number of methoxy groups -OCH3 is 3. The van der Waals surface area contributed by atoms with Gasteiger partial charge in [0.1, 0.15) is 23.0 Å². The smallest absolute Gasteiger partial charge is 0.300 e. The number of hydrogen-bond acceptors (Lipinski definition) is 7. The fourth-order valence-corrected chi connectivity index (χ4v) is 4.62. The number of aliphatic hydroxyl groups excluding tert-OH is 1. The summed E-state index contributed by atoms with van der Waals surface area (Å²) < 4.78 is 16.2. The van der Waals surface area contributed by atoms with Crippen molar-refractivity contribution >= 4 is 46.3 Å². The number of carbonyl (C=O) groups is 3. The molecular formula is C28H25ClN2O7. The number of para-hydroxylation sites is 1. The fourth-order valence-electron chi connectivity index (χ4n) is 4.38. The normalized spacial score (nSPS) is 16.3. The minimum atomic E-state index is -1.05. The molecule has 1 unspecified atom stereocenters. The number of nitrogens with one attached hydrogen (secondary N) is 1. The van der Waals surface area contributed by atoms with Gasteiger partial charge in [-0.05, 0) is 36.4 Å². The lowest BCUT2D eigenvalue weighted by Crippen LogP contribution is -2.29. The van der Waals surface area contributed by atoms with Gasteiger partial charge in [-0.1, -0.05) is 29.8 Å². The molecule has 9 nitrogen and oxygen atoms in total. The third kappa shape index (κ3) is 4.76. The molecule has 1 fully saturated rings. The van der Waals surface area contributed by atoms with E-state index < -0.39 is 23.5 Å². The first kappa shape index (κ1) is 26.6. The van der Waals surface area contributed by atoms with E-state index >= 15 is 0 Å². The molecule has 10 heteroatoms. The van der Waals surface area contributed by atoms with Crippen molar-refractivity contribution < 1.29 is 33.7 Å². The van der Waals surface area contributed by atoms with Crippen LogP contribution in [0.1, 0.15) is 24.1 Å². The standard InChI is InChI=1S/C28H25ClN2O7/c1-15(32)30-16-9-11-17(12-10-16)31-25(18-7-5-6-8-21(18)36-2)24(27(34)28(31)35)26(33)19-13-23(38-4)20(29)14-22(19)37-3/h5-14,25,33H,1-4H3,(H,30,32)/b26-24+. The molecule has 4 rings (SSSR count). The highest BCUT2D eigenvalue weighted by molar-refractivity contribution is 6.51. The van der Waals surface area contributed by atoms with Crippen molar-refractivity contribution in [2.24, 2.45) is 0 Å². The zero-order valence-electron chi connectivity index (χ0n) is 21.1. The van der Waals surface area contributed by atoms with Crippen molar-refractivity contribution in [3.05, 3.63) is 82.4 Å². The number of carbonyl (C=O) groups excluding carboxylic acids is 3. The Morgan fingerprint density at radius 1 is 0.921 bits per heavy atom. The maximum Gasteiger partial charge on any atom is 0.300 e. The molecular weight excluding hydrogens is 512 g/mol. The topological polar surface area (TPSA) is 114 Å². The average molecular weight is 537 g/mol. The minimum absolute atomic E-state index is 0.118. The minimum Gasteiger partial charge on any atom is -0.507 e. The Hall–Kier alpha value is -4.50. The summed E-state index contributed by atoms with van der Waals surface area (Å²) in [4.78, 5) is 39.7. The molecule has 0 spiro atoms. The molecule has 0 bridgehead atoms. The highest BCUT2D eigenvalue weighted by Gasteiger charge is 2.48. The van der Waals surface area contributed by atoms with E-state index in [0.717, 1.165) is 0 Å². The van der Waals surface area contributed by atoms with Crippen molar-refractivity contribution in [2.45, 2.75) is 13.0 Å². The number of anilines is 2. The predicted molar refractivity (Wildman–Crippen MR) is 143 cm³/mol. The van der Waals surface area contributed by atoms with Crippen LogP contribution in [0.5, 0.6) is 17.2 Å². The van der Waals surface area contributed by atoms with Gasteiger partial charge in [0, 0.05) is 29.9 Å². The second kappa shape index (κ2) is 10.9. The van der Waals surface area contributed by atoms with E-state index in [-0.39, 0.29) is 33.6 Å². The van der Waals surface area contributed by atoms with E-state index in [1.54, 1.807) is 48.5 Å². The maximum absolute atomic E-state index is 13.5. The highest BCUT2D eigenvalue weighted by Crippen LogP contribution is 2.46. The van der Waals surface area contributed by atoms with Crippen LogP contribution in [-0.4, -0.2) is 44.0 Å². The van der Waals surface area contributed by atoms with Crippen LogP contribution in [0.4, 0.5) is 11.4 Å². The van der Waals surface area contributed by atoms with E-state index in [4.69, 9.17) is 25.8 Å². The van der Waals surface area contributed by atoms with E-state index in [9.17, 15) is 19.5 Å². The molecule has 2 amide bonds. The number of amides is 2. The largest absolute Gasteiger partial charge is 0.507 e. The molecule has 3 aromatic carbocycles. The Morgan fingerprint density at radius 2 is 1.55 bits per heavy atom. The molecule has 1 atom stereocenters. The molecule has 1 aliphatic rings. The number of aliphatic hydroxyl groups is 1. The molecule has 0 radical (unpaired) electrons. The summed E-state index contributed by atoms with van der Waals surface area (Å²) in [7, 11) is 4.28. The van der Waals surface area contributed by atoms with Crippen molar-refractivity contribution in [1.82, 2.24) is 0 Å². The maximum atomic E-state index is 13.5. The summed E-state index contributed by atoms with van der Waals surface area (Å²) in [6.07, 6.45) is 0. The fraction of sp³-hybridized carbons (Fsp3) is 0.179. The molecule has 1 aliphatic heterocycles. The highest BCUT2D eigenvalue weighted by atomic mass is 35.5. The van der Waals surface area contributed by atoms with Crippen molar-refractivity contribution in [3.8, 4) is 17.2 Å². The van der Waals surface area contributed by atoms with E-state index in [1.807, 2.05) is 0 Å². The predicted octanol–water partition coefficient (Wildman–Crippen LogP) is 4.95. The van der Waals surface area contributed by atoms with Gasteiger partial charge in [0.15, 0.2) is 0 Å². The van der Waals surface area contributed by atoms with Crippen LogP contribution < -0.4 is 24.4 Å². The SMILES string of the molecule is COc1cc(/C(O)=C2\C(=O)C(=O)N(c3ccc(NC(C)=O)cc3)C2c2ccccc2OC)c(OC)cc1Cl. The third-order valence-corrected chi connectivity index (χ3v) is 6.37. The Balaban J connectivity index is 1.97. The molecule has 0 aliphatic carbocycles. The van der Waals surface area contributed by atoms with Crippen LogP contribution in [0.15, 0.2) is 66.2 Å². The van der Waals surface area contributed by atoms with Crippen LogP contribution in [0.25, 0.3) is 5.76 Å². The van der Waals surface area contributed by atoms with Crippen LogP contribution in [0, 0.1) is 0 Å². The molecule has 2 N–H and O–H groups in total. The summed E-state index contributed by atoms with van der Waals surface area (Å²) in [6, 6.07) is 15.2. The molecule has 0 saturated carbocycles. The quantitative estimate of drug-likeness (QED) is 0.249. The Morgan fingerprint density at radius 3 is 2.16 bits per heavy atom. The first-order chi connectivity index (χ1) is 18.2. The van der Waals surface area contributed by atoms with E-state index in [1.165, 1.54) is 45.3 Å². The van der Waals surface area contributed by atoms with Crippen molar-refractivity contribution in [3.63, 3.8) is 0 Å².